The predicted molar refractivity (Wildman–Crippen MR) is 213 cm³/mol. The summed E-state index contributed by atoms with van der Waals surface area (Å²) >= 11 is 0. The highest BCUT2D eigenvalue weighted by molar-refractivity contribution is 5.81. The van der Waals surface area contributed by atoms with Crippen LogP contribution in [0.25, 0.3) is 0 Å². The summed E-state index contributed by atoms with van der Waals surface area (Å²) in [6, 6.07) is 0. The molecule has 23 heteroatoms. The molecule has 0 aliphatic heterocycles. The van der Waals surface area contributed by atoms with Gasteiger partial charge in [-0.05, 0) is 0 Å². The highest BCUT2D eigenvalue weighted by atomic mass is 16.6. The zero-order chi connectivity index (χ0) is 45.7. The van der Waals surface area contributed by atoms with Crippen LogP contribution in [0.15, 0.2) is 12.7 Å². The molecular formula is C38H74N2O21. The Hall–Kier alpha value is -2.08. The molecule has 0 spiro atoms. The summed E-state index contributed by atoms with van der Waals surface area (Å²) in [5.41, 5.74) is -1.47. The number of rotatable bonds is 44. The molecule has 0 aromatic heterocycles. The maximum Gasteiger partial charge on any atom is 0.330 e. The van der Waals surface area contributed by atoms with Crippen LogP contribution in [0, 0.1) is 0 Å². The highest BCUT2D eigenvalue weighted by Crippen LogP contribution is 2.11. The van der Waals surface area contributed by atoms with Crippen LogP contribution < -0.4 is 5.32 Å². The number of hydrogen-bond donors (Lipinski definition) is 11. The number of carbonyl (C=O) groups is 2. The third kappa shape index (κ3) is 34.1. The first kappa shape index (κ1) is 58.9. The van der Waals surface area contributed by atoms with E-state index in [-0.39, 0.29) is 164 Å². The number of aliphatic hydroxyl groups excluding tert-OH is 9. The van der Waals surface area contributed by atoms with Crippen molar-refractivity contribution in [2.75, 3.05) is 152 Å². The van der Waals surface area contributed by atoms with Gasteiger partial charge in [-0.1, -0.05) is 13.5 Å². The standard InChI is InChI=1S/C38H74N2O21/c1-3-36(50)60-21-32(48)19-58-34(23-54-16-30(46)15-53-14-29(45)13-40(7-11-43)8-12-44)24-55-17-31(47)18-56-25-35(59-20-33(49)22-61-37(51)4-2)26-57-28-38(52,5-9-41)27-39-6-10-42/h4,29-35,39,41-49,52H,2-3,5-28H2,1H3. The van der Waals surface area contributed by atoms with Crippen LogP contribution in [0.3, 0.4) is 0 Å². The summed E-state index contributed by atoms with van der Waals surface area (Å²) in [5, 5.41) is 102. The van der Waals surface area contributed by atoms with Gasteiger partial charge in [0.15, 0.2) is 0 Å². The lowest BCUT2D eigenvalue weighted by Crippen LogP contribution is -2.46. The Morgan fingerprint density at radius 3 is 1.54 bits per heavy atom. The van der Waals surface area contributed by atoms with Gasteiger partial charge < -0.3 is 99.0 Å². The first-order chi connectivity index (χ1) is 29.2. The summed E-state index contributed by atoms with van der Waals surface area (Å²) in [6.45, 7) is 1.99. The SMILES string of the molecule is C=CC(=O)OCC(O)COC(COCC(O)COCC(COCC(O)COCC(O)CN(CCO)CCO)OCC(O)COC(=O)CC)COCC(O)(CCO)CNCCO. The Kier molecular flexibility index (Phi) is 37.1. The normalized spacial score (nSPS) is 16.3. The molecular weight excluding hydrogens is 820 g/mol. The van der Waals surface area contributed by atoms with Crippen molar-refractivity contribution in [3.05, 3.63) is 12.7 Å². The fourth-order valence-electron chi connectivity index (χ4n) is 4.98. The zero-order valence-electron chi connectivity index (χ0n) is 35.4. The molecule has 8 atom stereocenters. The Morgan fingerprint density at radius 2 is 1.08 bits per heavy atom. The van der Waals surface area contributed by atoms with Crippen LogP contribution >= 0.6 is 0 Å². The number of aliphatic hydroxyl groups is 10. The first-order valence-electron chi connectivity index (χ1n) is 20.3. The van der Waals surface area contributed by atoms with Crippen LogP contribution in [0.1, 0.15) is 19.8 Å². The fourth-order valence-corrected chi connectivity index (χ4v) is 4.98. The van der Waals surface area contributed by atoms with E-state index in [1.165, 1.54) is 0 Å². The van der Waals surface area contributed by atoms with Gasteiger partial charge in [0.05, 0.1) is 105 Å². The average molecular weight is 895 g/mol. The van der Waals surface area contributed by atoms with Gasteiger partial charge in [-0.25, -0.2) is 4.79 Å². The Balaban J connectivity index is 5.14. The van der Waals surface area contributed by atoms with Crippen LogP contribution in [-0.4, -0.2) is 268 Å². The van der Waals surface area contributed by atoms with Gasteiger partial charge in [0, 0.05) is 58.2 Å². The molecule has 0 amide bonds. The maximum absolute atomic E-state index is 11.5. The van der Waals surface area contributed by atoms with Crippen molar-refractivity contribution < 1.29 is 103 Å². The molecule has 0 aliphatic carbocycles. The average Bonchev–Trinajstić information content (AvgIpc) is 3.22. The number of carbonyl (C=O) groups excluding carboxylic acids is 2. The van der Waals surface area contributed by atoms with Gasteiger partial charge in [-0.15, -0.1) is 0 Å². The number of nitrogens with one attached hydrogen (secondary N) is 1. The van der Waals surface area contributed by atoms with Gasteiger partial charge in [0.1, 0.15) is 55.4 Å². The van der Waals surface area contributed by atoms with E-state index in [1.54, 1.807) is 11.8 Å². The molecule has 0 saturated heterocycles. The van der Waals surface area contributed by atoms with E-state index in [4.69, 9.17) is 58.0 Å². The second-order valence-electron chi connectivity index (χ2n) is 14.1. The quantitative estimate of drug-likeness (QED) is 0.0154. The van der Waals surface area contributed by atoms with E-state index in [0.717, 1.165) is 6.08 Å². The van der Waals surface area contributed by atoms with Crippen molar-refractivity contribution in [1.82, 2.24) is 10.2 Å². The number of ether oxygens (including phenoxy) is 9. The van der Waals surface area contributed by atoms with Gasteiger partial charge in [-0.3, -0.25) is 9.69 Å². The summed E-state index contributed by atoms with van der Waals surface area (Å²) in [6.07, 6.45) is -6.18. The molecule has 362 valence electrons. The highest BCUT2D eigenvalue weighted by Gasteiger charge is 2.27. The van der Waals surface area contributed by atoms with Crippen LogP contribution in [0.5, 0.6) is 0 Å². The Labute approximate surface area is 357 Å². The van der Waals surface area contributed by atoms with Crippen LogP contribution in [0.4, 0.5) is 0 Å². The van der Waals surface area contributed by atoms with E-state index >= 15 is 0 Å². The smallest absolute Gasteiger partial charge is 0.330 e. The van der Waals surface area contributed by atoms with Crippen LogP contribution in [0.2, 0.25) is 0 Å². The molecule has 0 radical (unpaired) electrons. The molecule has 0 bridgehead atoms. The molecule has 0 fully saturated rings. The number of hydrogen-bond acceptors (Lipinski definition) is 23. The third-order valence-corrected chi connectivity index (χ3v) is 8.12. The summed E-state index contributed by atoms with van der Waals surface area (Å²) in [7, 11) is 0. The van der Waals surface area contributed by atoms with Crippen molar-refractivity contribution in [2.45, 2.75) is 68.1 Å². The lowest BCUT2D eigenvalue weighted by atomic mass is 10.0. The minimum Gasteiger partial charge on any atom is -0.463 e. The minimum absolute atomic E-state index is 0.0199. The lowest BCUT2D eigenvalue weighted by molar-refractivity contribution is -0.149. The van der Waals surface area contributed by atoms with Crippen molar-refractivity contribution in [1.29, 1.82) is 0 Å². The Bertz CT molecular complexity index is 1060. The van der Waals surface area contributed by atoms with E-state index < -0.39 is 60.3 Å². The second-order valence-corrected chi connectivity index (χ2v) is 14.1. The van der Waals surface area contributed by atoms with E-state index in [0.29, 0.717) is 0 Å². The van der Waals surface area contributed by atoms with Crippen molar-refractivity contribution in [2.24, 2.45) is 0 Å². The van der Waals surface area contributed by atoms with E-state index in [2.05, 4.69) is 11.9 Å². The maximum atomic E-state index is 11.5. The molecule has 8 unspecified atom stereocenters. The summed E-state index contributed by atoms with van der Waals surface area (Å²) < 4.78 is 49.0. The minimum atomic E-state index is -1.47. The molecule has 0 aromatic carbocycles. The van der Waals surface area contributed by atoms with E-state index in [1.807, 2.05) is 0 Å². The third-order valence-electron chi connectivity index (χ3n) is 8.12. The predicted octanol–water partition coefficient (Wildman–Crippen LogP) is -5.69. The molecule has 0 aromatic rings. The topological polar surface area (TPSA) is 335 Å². The van der Waals surface area contributed by atoms with Gasteiger partial charge in [-0.2, -0.15) is 0 Å². The van der Waals surface area contributed by atoms with Crippen molar-refractivity contribution in [3.63, 3.8) is 0 Å². The van der Waals surface area contributed by atoms with Crippen LogP contribution in [-0.2, 0) is 52.2 Å². The monoisotopic (exact) mass is 894 g/mol. The molecule has 61 heavy (non-hydrogen) atoms. The van der Waals surface area contributed by atoms with Crippen molar-refractivity contribution >= 4 is 11.9 Å². The number of esters is 2. The molecule has 23 nitrogen and oxygen atoms in total. The van der Waals surface area contributed by atoms with E-state index in [9.17, 15) is 45.3 Å². The second kappa shape index (κ2) is 38.4. The van der Waals surface area contributed by atoms with Gasteiger partial charge in [0.25, 0.3) is 0 Å². The lowest BCUT2D eigenvalue weighted by Gasteiger charge is -2.29. The first-order valence-corrected chi connectivity index (χ1v) is 20.3. The van der Waals surface area contributed by atoms with Gasteiger partial charge in [0.2, 0.25) is 0 Å². The summed E-state index contributed by atoms with van der Waals surface area (Å²) in [4.78, 5) is 24.5. The molecule has 0 heterocycles. The molecule has 0 rings (SSSR count). The summed E-state index contributed by atoms with van der Waals surface area (Å²) in [5.74, 6) is -1.24. The largest absolute Gasteiger partial charge is 0.463 e. The zero-order valence-corrected chi connectivity index (χ0v) is 35.4. The molecule has 11 N–H and O–H groups in total. The van der Waals surface area contributed by atoms with Crippen molar-refractivity contribution in [3.8, 4) is 0 Å². The number of nitrogens with zero attached hydrogens (tertiary/aromatic N) is 1. The molecule has 0 aliphatic rings. The van der Waals surface area contributed by atoms with Gasteiger partial charge >= 0.3 is 11.9 Å². The molecule has 0 saturated carbocycles. The Morgan fingerprint density at radius 1 is 0.623 bits per heavy atom. The fraction of sp³-hybridized carbons (Fsp3) is 0.895.